The molecule has 3 unspecified atom stereocenters. The van der Waals surface area contributed by atoms with E-state index < -0.39 is 0 Å². The Balaban J connectivity index is 1.91. The Morgan fingerprint density at radius 1 is 1.29 bits per heavy atom. The molecule has 1 saturated heterocycles. The molecule has 0 saturated carbocycles. The van der Waals surface area contributed by atoms with E-state index in [-0.39, 0.29) is 0 Å². The van der Waals surface area contributed by atoms with Crippen molar-refractivity contribution >= 4 is 0 Å². The highest BCUT2D eigenvalue weighted by Gasteiger charge is 2.20. The molecule has 1 aromatic rings. The first kappa shape index (κ1) is 16.1. The molecule has 0 bridgehead atoms. The molecule has 1 aliphatic rings. The zero-order chi connectivity index (χ0) is 15.2. The maximum Gasteiger partial charge on any atom is 0.160 e. The predicted molar refractivity (Wildman–Crippen MR) is 84.3 cm³/mol. The van der Waals surface area contributed by atoms with Crippen molar-refractivity contribution in [3.8, 4) is 11.5 Å². The van der Waals surface area contributed by atoms with Gasteiger partial charge in [-0.05, 0) is 50.8 Å². The van der Waals surface area contributed by atoms with Gasteiger partial charge < -0.3 is 19.5 Å². The number of rotatable bonds is 6. The van der Waals surface area contributed by atoms with Crippen LogP contribution in [0.2, 0.25) is 0 Å². The fourth-order valence-corrected chi connectivity index (χ4v) is 2.97. The largest absolute Gasteiger partial charge is 0.493 e. The van der Waals surface area contributed by atoms with Crippen molar-refractivity contribution < 1.29 is 14.2 Å². The SMILES string of the molecule is COc1ccc(CC(C)NC2CCOC(C)C2)cc1OC. The Bertz CT molecular complexity index is 450. The Morgan fingerprint density at radius 3 is 2.71 bits per heavy atom. The van der Waals surface area contributed by atoms with Crippen molar-refractivity contribution in [2.45, 2.75) is 51.3 Å². The second kappa shape index (κ2) is 7.66. The fourth-order valence-electron chi connectivity index (χ4n) is 2.97. The summed E-state index contributed by atoms with van der Waals surface area (Å²) in [6.07, 6.45) is 3.53. The highest BCUT2D eigenvalue weighted by Crippen LogP contribution is 2.28. The third kappa shape index (κ3) is 4.61. The summed E-state index contributed by atoms with van der Waals surface area (Å²) in [7, 11) is 3.33. The van der Waals surface area contributed by atoms with Crippen molar-refractivity contribution in [3.63, 3.8) is 0 Å². The summed E-state index contributed by atoms with van der Waals surface area (Å²) in [6.45, 7) is 5.24. The number of ether oxygens (including phenoxy) is 3. The van der Waals surface area contributed by atoms with E-state index in [1.165, 1.54) is 5.56 Å². The van der Waals surface area contributed by atoms with Gasteiger partial charge in [-0.1, -0.05) is 6.07 Å². The highest BCUT2D eigenvalue weighted by molar-refractivity contribution is 5.43. The summed E-state index contributed by atoms with van der Waals surface area (Å²) >= 11 is 0. The highest BCUT2D eigenvalue weighted by atomic mass is 16.5. The first-order chi connectivity index (χ1) is 10.1. The molecule has 1 N–H and O–H groups in total. The molecule has 3 atom stereocenters. The van der Waals surface area contributed by atoms with Crippen molar-refractivity contribution in [2.24, 2.45) is 0 Å². The maximum absolute atomic E-state index is 5.59. The summed E-state index contributed by atoms with van der Waals surface area (Å²) < 4.78 is 16.2. The van der Waals surface area contributed by atoms with Gasteiger partial charge in [0.05, 0.1) is 20.3 Å². The lowest BCUT2D eigenvalue weighted by atomic mass is 10.0. The summed E-state index contributed by atoms with van der Waals surface area (Å²) in [5.74, 6) is 1.57. The van der Waals surface area contributed by atoms with Gasteiger partial charge in [-0.3, -0.25) is 0 Å². The van der Waals surface area contributed by atoms with Crippen LogP contribution < -0.4 is 14.8 Å². The van der Waals surface area contributed by atoms with Gasteiger partial charge in [0.1, 0.15) is 0 Å². The molecule has 4 heteroatoms. The molecule has 21 heavy (non-hydrogen) atoms. The van der Waals surface area contributed by atoms with Gasteiger partial charge in [0.25, 0.3) is 0 Å². The normalized spacial score (nSPS) is 23.6. The molecular weight excluding hydrogens is 266 g/mol. The molecule has 2 rings (SSSR count). The van der Waals surface area contributed by atoms with Gasteiger partial charge in [0.15, 0.2) is 11.5 Å². The fraction of sp³-hybridized carbons (Fsp3) is 0.647. The zero-order valence-corrected chi connectivity index (χ0v) is 13.5. The van der Waals surface area contributed by atoms with E-state index in [1.54, 1.807) is 14.2 Å². The lowest BCUT2D eigenvalue weighted by Gasteiger charge is -2.30. The van der Waals surface area contributed by atoms with Crippen LogP contribution in [0, 0.1) is 0 Å². The van der Waals surface area contributed by atoms with Gasteiger partial charge in [0.2, 0.25) is 0 Å². The van der Waals surface area contributed by atoms with Crippen LogP contribution in [0.1, 0.15) is 32.3 Å². The van der Waals surface area contributed by atoms with Crippen LogP contribution in [-0.4, -0.2) is 39.0 Å². The van der Waals surface area contributed by atoms with E-state index >= 15 is 0 Å². The standard InChI is InChI=1S/C17H27NO3/c1-12(18-15-7-8-21-13(2)10-15)9-14-5-6-16(19-3)17(11-14)20-4/h5-6,11-13,15,18H,7-10H2,1-4H3. The van der Waals surface area contributed by atoms with Crippen LogP contribution in [0.25, 0.3) is 0 Å². The Labute approximate surface area is 127 Å². The molecule has 4 nitrogen and oxygen atoms in total. The van der Waals surface area contributed by atoms with Gasteiger partial charge in [0, 0.05) is 18.7 Å². The van der Waals surface area contributed by atoms with Crippen LogP contribution in [-0.2, 0) is 11.2 Å². The monoisotopic (exact) mass is 293 g/mol. The van der Waals surface area contributed by atoms with Crippen molar-refractivity contribution in [2.75, 3.05) is 20.8 Å². The van der Waals surface area contributed by atoms with E-state index in [1.807, 2.05) is 6.07 Å². The molecule has 1 aliphatic heterocycles. The first-order valence-corrected chi connectivity index (χ1v) is 7.71. The smallest absolute Gasteiger partial charge is 0.160 e. The molecule has 1 heterocycles. The summed E-state index contributed by atoms with van der Waals surface area (Å²) in [5.41, 5.74) is 1.26. The van der Waals surface area contributed by atoms with Crippen molar-refractivity contribution in [3.05, 3.63) is 23.8 Å². The second-order valence-corrected chi connectivity index (χ2v) is 5.86. The van der Waals surface area contributed by atoms with Crippen molar-refractivity contribution in [1.82, 2.24) is 5.32 Å². The van der Waals surface area contributed by atoms with Gasteiger partial charge in [-0.25, -0.2) is 0 Å². The van der Waals surface area contributed by atoms with E-state index in [0.29, 0.717) is 18.2 Å². The number of methoxy groups -OCH3 is 2. The average Bonchev–Trinajstić information content (AvgIpc) is 2.47. The molecular formula is C17H27NO3. The average molecular weight is 293 g/mol. The van der Waals surface area contributed by atoms with Crippen LogP contribution in [0.4, 0.5) is 0 Å². The van der Waals surface area contributed by atoms with E-state index in [0.717, 1.165) is 37.4 Å². The third-order valence-electron chi connectivity index (χ3n) is 4.00. The Kier molecular flexibility index (Phi) is 5.88. The molecule has 0 radical (unpaired) electrons. The quantitative estimate of drug-likeness (QED) is 0.875. The lowest BCUT2D eigenvalue weighted by Crippen LogP contribution is -2.43. The Morgan fingerprint density at radius 2 is 2.05 bits per heavy atom. The molecule has 1 aromatic carbocycles. The summed E-state index contributed by atoms with van der Waals surface area (Å²) in [6, 6.07) is 7.12. The maximum atomic E-state index is 5.59. The minimum absolute atomic E-state index is 0.365. The van der Waals surface area contributed by atoms with Crippen LogP contribution in [0.3, 0.4) is 0 Å². The number of nitrogens with one attached hydrogen (secondary N) is 1. The van der Waals surface area contributed by atoms with Gasteiger partial charge in [-0.15, -0.1) is 0 Å². The number of hydrogen-bond donors (Lipinski definition) is 1. The summed E-state index contributed by atoms with van der Waals surface area (Å²) in [4.78, 5) is 0. The number of benzene rings is 1. The molecule has 0 amide bonds. The number of hydrogen-bond acceptors (Lipinski definition) is 4. The predicted octanol–water partition coefficient (Wildman–Crippen LogP) is 2.79. The molecule has 118 valence electrons. The van der Waals surface area contributed by atoms with E-state index in [9.17, 15) is 0 Å². The van der Waals surface area contributed by atoms with Crippen LogP contribution in [0.15, 0.2) is 18.2 Å². The Hall–Kier alpha value is -1.26. The minimum atomic E-state index is 0.365. The summed E-state index contributed by atoms with van der Waals surface area (Å²) in [5, 5.41) is 3.71. The van der Waals surface area contributed by atoms with Crippen LogP contribution in [0.5, 0.6) is 11.5 Å². The topological polar surface area (TPSA) is 39.7 Å². The molecule has 0 spiro atoms. The molecule has 0 aliphatic carbocycles. The van der Waals surface area contributed by atoms with E-state index in [4.69, 9.17) is 14.2 Å². The zero-order valence-electron chi connectivity index (χ0n) is 13.5. The van der Waals surface area contributed by atoms with Gasteiger partial charge >= 0.3 is 0 Å². The molecule has 0 aromatic heterocycles. The van der Waals surface area contributed by atoms with Crippen LogP contribution >= 0.6 is 0 Å². The first-order valence-electron chi connectivity index (χ1n) is 7.71. The van der Waals surface area contributed by atoms with E-state index in [2.05, 4.69) is 31.3 Å². The lowest BCUT2D eigenvalue weighted by molar-refractivity contribution is 0.0116. The minimum Gasteiger partial charge on any atom is -0.493 e. The van der Waals surface area contributed by atoms with Gasteiger partial charge in [-0.2, -0.15) is 0 Å². The second-order valence-electron chi connectivity index (χ2n) is 5.86. The van der Waals surface area contributed by atoms with Crippen molar-refractivity contribution in [1.29, 1.82) is 0 Å². The molecule has 1 fully saturated rings. The third-order valence-corrected chi connectivity index (χ3v) is 4.00.